The van der Waals surface area contributed by atoms with Crippen molar-refractivity contribution in [1.82, 2.24) is 5.32 Å². The van der Waals surface area contributed by atoms with Gasteiger partial charge >= 0.3 is 0 Å². The molecule has 0 bridgehead atoms. The molecular weight excluding hydrogens is 319 g/mol. The molecule has 5 heteroatoms. The molecule has 0 aromatic heterocycles. The molecule has 0 spiro atoms. The Balaban J connectivity index is 1.52. The molecule has 0 radical (unpaired) electrons. The fourth-order valence-corrected chi connectivity index (χ4v) is 2.73. The summed E-state index contributed by atoms with van der Waals surface area (Å²) >= 11 is 0. The van der Waals surface area contributed by atoms with E-state index in [4.69, 9.17) is 0 Å². The maximum absolute atomic E-state index is 12.9. The summed E-state index contributed by atoms with van der Waals surface area (Å²) in [4.78, 5) is 24.2. The van der Waals surface area contributed by atoms with Crippen molar-refractivity contribution in [2.24, 2.45) is 11.8 Å². The summed E-state index contributed by atoms with van der Waals surface area (Å²) in [6.07, 6.45) is 1.55. The van der Waals surface area contributed by atoms with Gasteiger partial charge < -0.3 is 10.6 Å². The molecule has 130 valence electrons. The van der Waals surface area contributed by atoms with Gasteiger partial charge in [-0.3, -0.25) is 9.59 Å². The van der Waals surface area contributed by atoms with Gasteiger partial charge in [0.15, 0.2) is 0 Å². The lowest BCUT2D eigenvalue weighted by molar-refractivity contribution is -0.117. The minimum absolute atomic E-state index is 0.0152. The van der Waals surface area contributed by atoms with Crippen LogP contribution < -0.4 is 10.6 Å². The third-order valence-electron chi connectivity index (χ3n) is 4.45. The summed E-state index contributed by atoms with van der Waals surface area (Å²) in [7, 11) is 0. The highest BCUT2D eigenvalue weighted by Gasteiger charge is 2.39. The van der Waals surface area contributed by atoms with Crippen molar-refractivity contribution in [3.63, 3.8) is 0 Å². The Morgan fingerprint density at radius 1 is 1.16 bits per heavy atom. The van der Waals surface area contributed by atoms with Gasteiger partial charge in [-0.05, 0) is 54.7 Å². The number of rotatable bonds is 6. The number of halogens is 1. The summed E-state index contributed by atoms with van der Waals surface area (Å²) in [6.45, 7) is 2.51. The van der Waals surface area contributed by atoms with Crippen LogP contribution in [0.3, 0.4) is 0 Å². The van der Waals surface area contributed by atoms with Gasteiger partial charge in [0.2, 0.25) is 5.91 Å². The van der Waals surface area contributed by atoms with Crippen LogP contribution in [0.5, 0.6) is 0 Å². The molecule has 1 aliphatic carbocycles. The smallest absolute Gasteiger partial charge is 0.251 e. The van der Waals surface area contributed by atoms with E-state index in [1.807, 2.05) is 0 Å². The highest BCUT2D eigenvalue weighted by atomic mass is 19.1. The number of carbonyl (C=O) groups is 2. The Morgan fingerprint density at radius 2 is 1.88 bits per heavy atom. The zero-order chi connectivity index (χ0) is 17.8. The quantitative estimate of drug-likeness (QED) is 0.847. The highest BCUT2D eigenvalue weighted by molar-refractivity contribution is 5.98. The Bertz CT molecular complexity index is 774. The van der Waals surface area contributed by atoms with Crippen LogP contribution >= 0.6 is 0 Å². The van der Waals surface area contributed by atoms with E-state index in [-0.39, 0.29) is 23.5 Å². The van der Waals surface area contributed by atoms with E-state index in [0.717, 1.165) is 12.0 Å². The number of amides is 2. The molecule has 2 aromatic carbocycles. The molecule has 1 fully saturated rings. The summed E-state index contributed by atoms with van der Waals surface area (Å²) in [6, 6.07) is 13.1. The molecule has 3 rings (SSSR count). The van der Waals surface area contributed by atoms with Crippen molar-refractivity contribution < 1.29 is 14.0 Å². The number of benzene rings is 2. The predicted octanol–water partition coefficient (Wildman–Crippen LogP) is 3.39. The lowest BCUT2D eigenvalue weighted by Gasteiger charge is -2.08. The SMILES string of the molecule is C[C@H]1C[C@@H]1C(=O)Nc1cccc(C(=O)NCCc2ccc(F)cc2)c1. The van der Waals surface area contributed by atoms with Gasteiger partial charge in [0, 0.05) is 23.7 Å². The van der Waals surface area contributed by atoms with Crippen LogP contribution in [0.2, 0.25) is 0 Å². The summed E-state index contributed by atoms with van der Waals surface area (Å²) in [5, 5.41) is 5.70. The molecule has 4 nitrogen and oxygen atoms in total. The zero-order valence-corrected chi connectivity index (χ0v) is 14.1. The molecule has 25 heavy (non-hydrogen) atoms. The first-order chi connectivity index (χ1) is 12.0. The first-order valence-electron chi connectivity index (χ1n) is 8.46. The molecule has 0 aliphatic heterocycles. The van der Waals surface area contributed by atoms with Gasteiger partial charge in [0.1, 0.15) is 5.82 Å². The number of anilines is 1. The Kier molecular flexibility index (Phi) is 5.12. The van der Waals surface area contributed by atoms with Crippen LogP contribution in [0.4, 0.5) is 10.1 Å². The van der Waals surface area contributed by atoms with E-state index in [1.54, 1.807) is 36.4 Å². The van der Waals surface area contributed by atoms with E-state index in [2.05, 4.69) is 17.6 Å². The number of nitrogens with one attached hydrogen (secondary N) is 2. The van der Waals surface area contributed by atoms with Crippen molar-refractivity contribution in [2.45, 2.75) is 19.8 Å². The van der Waals surface area contributed by atoms with Crippen molar-refractivity contribution in [3.05, 3.63) is 65.5 Å². The molecule has 0 saturated heterocycles. The average molecular weight is 340 g/mol. The Morgan fingerprint density at radius 3 is 2.56 bits per heavy atom. The first kappa shape index (κ1) is 17.1. The van der Waals surface area contributed by atoms with E-state index in [0.29, 0.717) is 30.1 Å². The first-order valence-corrected chi connectivity index (χ1v) is 8.46. The van der Waals surface area contributed by atoms with Gasteiger partial charge in [0.05, 0.1) is 0 Å². The minimum Gasteiger partial charge on any atom is -0.352 e. The highest BCUT2D eigenvalue weighted by Crippen LogP contribution is 2.38. The van der Waals surface area contributed by atoms with Crippen LogP contribution in [-0.2, 0) is 11.2 Å². The van der Waals surface area contributed by atoms with Crippen molar-refractivity contribution in [3.8, 4) is 0 Å². The van der Waals surface area contributed by atoms with E-state index >= 15 is 0 Å². The van der Waals surface area contributed by atoms with Crippen LogP contribution in [-0.4, -0.2) is 18.4 Å². The maximum atomic E-state index is 12.9. The standard InChI is InChI=1S/C20H21FN2O2/c1-13-11-18(13)20(25)23-17-4-2-3-15(12-17)19(24)22-10-9-14-5-7-16(21)8-6-14/h2-8,12-13,18H,9-11H2,1H3,(H,22,24)(H,23,25)/t13-,18-/m0/s1. The summed E-state index contributed by atoms with van der Waals surface area (Å²) in [5.74, 6) is 0.0812. The Labute approximate surface area is 146 Å². The molecule has 2 aromatic rings. The largest absolute Gasteiger partial charge is 0.352 e. The molecule has 2 atom stereocenters. The van der Waals surface area contributed by atoms with E-state index in [1.165, 1.54) is 12.1 Å². The average Bonchev–Trinajstić information content (AvgIpc) is 3.34. The fourth-order valence-electron chi connectivity index (χ4n) is 2.73. The lowest BCUT2D eigenvalue weighted by atomic mass is 10.1. The summed E-state index contributed by atoms with van der Waals surface area (Å²) in [5.41, 5.74) is 2.09. The second-order valence-electron chi connectivity index (χ2n) is 6.52. The van der Waals surface area contributed by atoms with Crippen LogP contribution in [0.1, 0.15) is 29.3 Å². The molecular formula is C20H21FN2O2. The molecule has 1 aliphatic rings. The third-order valence-corrected chi connectivity index (χ3v) is 4.45. The van der Waals surface area contributed by atoms with Crippen molar-refractivity contribution in [2.75, 3.05) is 11.9 Å². The van der Waals surface area contributed by atoms with Gasteiger partial charge in [-0.15, -0.1) is 0 Å². The Hall–Kier alpha value is -2.69. The topological polar surface area (TPSA) is 58.2 Å². The number of carbonyl (C=O) groups excluding carboxylic acids is 2. The van der Waals surface area contributed by atoms with Gasteiger partial charge in [0.25, 0.3) is 5.91 Å². The van der Waals surface area contributed by atoms with Gasteiger partial charge in [-0.2, -0.15) is 0 Å². The van der Waals surface area contributed by atoms with Crippen molar-refractivity contribution in [1.29, 1.82) is 0 Å². The monoisotopic (exact) mass is 340 g/mol. The molecule has 0 heterocycles. The fraction of sp³-hybridized carbons (Fsp3) is 0.300. The molecule has 2 N–H and O–H groups in total. The van der Waals surface area contributed by atoms with E-state index < -0.39 is 0 Å². The van der Waals surface area contributed by atoms with Crippen LogP contribution in [0.25, 0.3) is 0 Å². The number of hydrogen-bond donors (Lipinski definition) is 2. The van der Waals surface area contributed by atoms with E-state index in [9.17, 15) is 14.0 Å². The second kappa shape index (κ2) is 7.47. The van der Waals surface area contributed by atoms with Crippen molar-refractivity contribution >= 4 is 17.5 Å². The molecule has 0 unspecified atom stereocenters. The van der Waals surface area contributed by atoms with Crippen LogP contribution in [0.15, 0.2) is 48.5 Å². The maximum Gasteiger partial charge on any atom is 0.251 e. The minimum atomic E-state index is -0.271. The molecule has 1 saturated carbocycles. The van der Waals surface area contributed by atoms with Crippen LogP contribution in [0, 0.1) is 17.7 Å². The van der Waals surface area contributed by atoms with Gasteiger partial charge in [-0.25, -0.2) is 4.39 Å². The second-order valence-corrected chi connectivity index (χ2v) is 6.52. The van der Waals surface area contributed by atoms with Gasteiger partial charge in [-0.1, -0.05) is 25.1 Å². The summed E-state index contributed by atoms with van der Waals surface area (Å²) < 4.78 is 12.9. The molecule has 2 amide bonds. The predicted molar refractivity (Wildman–Crippen MR) is 94.8 cm³/mol. The normalized spacial score (nSPS) is 18.5. The third kappa shape index (κ3) is 4.66. The zero-order valence-electron chi connectivity index (χ0n) is 14.1. The number of hydrogen-bond acceptors (Lipinski definition) is 2. The lowest BCUT2D eigenvalue weighted by Crippen LogP contribution is -2.25.